The molecule has 3 unspecified atom stereocenters. The number of quaternary nitrogens is 1. The molecule has 0 heterocycles. The molecule has 3 atom stereocenters. The normalized spacial score (nSPS) is 14.0. The van der Waals surface area contributed by atoms with Crippen LogP contribution in [0.2, 0.25) is 0 Å². The van der Waals surface area contributed by atoms with Gasteiger partial charge >= 0.3 is 13.8 Å². The van der Waals surface area contributed by atoms with Gasteiger partial charge in [0.2, 0.25) is 5.91 Å². The molecular formula is C75H138N2O7P+. The van der Waals surface area contributed by atoms with Crippen LogP contribution in [0.5, 0.6) is 0 Å². The number of nitrogens with one attached hydrogen (secondary N) is 1. The van der Waals surface area contributed by atoms with Crippen molar-refractivity contribution in [1.29, 1.82) is 0 Å². The van der Waals surface area contributed by atoms with E-state index in [0.29, 0.717) is 17.4 Å². The van der Waals surface area contributed by atoms with E-state index in [4.69, 9.17) is 13.8 Å². The maximum absolute atomic E-state index is 13.6. The van der Waals surface area contributed by atoms with Gasteiger partial charge in [-0.1, -0.05) is 331 Å². The van der Waals surface area contributed by atoms with Crippen LogP contribution in [0.4, 0.5) is 0 Å². The van der Waals surface area contributed by atoms with Gasteiger partial charge in [0.15, 0.2) is 0 Å². The van der Waals surface area contributed by atoms with E-state index in [1.807, 2.05) is 39.4 Å². The van der Waals surface area contributed by atoms with E-state index >= 15 is 0 Å². The minimum Gasteiger partial charge on any atom is -0.456 e. The van der Waals surface area contributed by atoms with Crippen molar-refractivity contribution in [3.8, 4) is 0 Å². The van der Waals surface area contributed by atoms with E-state index in [1.165, 1.54) is 212 Å². The van der Waals surface area contributed by atoms with Gasteiger partial charge in [0, 0.05) is 12.8 Å². The molecule has 85 heavy (non-hydrogen) atoms. The van der Waals surface area contributed by atoms with Crippen LogP contribution >= 0.6 is 7.82 Å². The number of allylic oxidation sites excluding steroid dienone is 13. The Morgan fingerprint density at radius 2 is 0.765 bits per heavy atom. The molecule has 0 bridgehead atoms. The highest BCUT2D eigenvalue weighted by Gasteiger charge is 2.30. The van der Waals surface area contributed by atoms with E-state index in [1.54, 1.807) is 0 Å². The van der Waals surface area contributed by atoms with Crippen LogP contribution in [0, 0.1) is 0 Å². The summed E-state index contributed by atoms with van der Waals surface area (Å²) in [5, 5.41) is 3.02. The van der Waals surface area contributed by atoms with Crippen molar-refractivity contribution < 1.29 is 37.3 Å². The Balaban J connectivity index is 5.11. The third kappa shape index (κ3) is 65.5. The van der Waals surface area contributed by atoms with E-state index in [0.717, 1.165) is 77.0 Å². The number of phosphoric ester groups is 1. The van der Waals surface area contributed by atoms with Gasteiger partial charge < -0.3 is 19.4 Å². The Morgan fingerprint density at radius 3 is 1.13 bits per heavy atom. The van der Waals surface area contributed by atoms with Crippen molar-refractivity contribution in [2.24, 2.45) is 0 Å². The second kappa shape index (κ2) is 64.2. The first-order valence-corrected chi connectivity index (χ1v) is 37.4. The first-order chi connectivity index (χ1) is 41.4. The van der Waals surface area contributed by atoms with Crippen molar-refractivity contribution in [3.05, 3.63) is 85.1 Å². The Bertz CT molecular complexity index is 1730. The number of unbranched alkanes of at least 4 members (excludes halogenated alkanes) is 37. The fourth-order valence-corrected chi connectivity index (χ4v) is 11.1. The SMILES string of the molecule is CC/C=C\C/C=C\C/C=C\C/C=C\C/C=C\C/C=C\CCC(=O)NC(COP(=O)(O)OCC[N+](C)(C)C)C(/C=C\CCCCCCCCCCCCC)OC(=O)CCCCCCCCCCCCCCCCCCCCCCCCCCCCC. The largest absolute Gasteiger partial charge is 0.472 e. The van der Waals surface area contributed by atoms with Gasteiger partial charge in [-0.3, -0.25) is 18.6 Å². The number of nitrogens with zero attached hydrogens (tertiary/aromatic N) is 1. The van der Waals surface area contributed by atoms with Gasteiger partial charge in [-0.2, -0.15) is 0 Å². The summed E-state index contributed by atoms with van der Waals surface area (Å²) in [6, 6.07) is -0.892. The molecule has 0 aliphatic carbocycles. The van der Waals surface area contributed by atoms with Crippen molar-refractivity contribution in [2.75, 3.05) is 40.9 Å². The summed E-state index contributed by atoms with van der Waals surface area (Å²) in [5.74, 6) is -0.593. The monoisotopic (exact) mass is 1210 g/mol. The fourth-order valence-electron chi connectivity index (χ4n) is 10.4. The molecule has 9 nitrogen and oxygen atoms in total. The van der Waals surface area contributed by atoms with Crippen LogP contribution in [0.1, 0.15) is 329 Å². The highest BCUT2D eigenvalue weighted by molar-refractivity contribution is 7.47. The predicted molar refractivity (Wildman–Crippen MR) is 369 cm³/mol. The molecule has 494 valence electrons. The zero-order valence-electron chi connectivity index (χ0n) is 56.6. The van der Waals surface area contributed by atoms with Crippen LogP contribution in [-0.4, -0.2) is 74.3 Å². The Morgan fingerprint density at radius 1 is 0.424 bits per heavy atom. The van der Waals surface area contributed by atoms with Crippen LogP contribution in [0.3, 0.4) is 0 Å². The zero-order chi connectivity index (χ0) is 62.1. The van der Waals surface area contributed by atoms with Crippen LogP contribution < -0.4 is 5.32 Å². The van der Waals surface area contributed by atoms with E-state index in [9.17, 15) is 19.0 Å². The van der Waals surface area contributed by atoms with Gasteiger partial charge in [-0.15, -0.1) is 0 Å². The second-order valence-corrected chi connectivity index (χ2v) is 26.8. The van der Waals surface area contributed by atoms with Gasteiger partial charge in [0.25, 0.3) is 0 Å². The summed E-state index contributed by atoms with van der Waals surface area (Å²) in [4.78, 5) is 37.9. The summed E-state index contributed by atoms with van der Waals surface area (Å²) in [6.07, 6.45) is 86.3. The molecular weight excluding hydrogens is 1070 g/mol. The lowest BCUT2D eigenvalue weighted by atomic mass is 10.0. The Kier molecular flexibility index (Phi) is 62.1. The highest BCUT2D eigenvalue weighted by Crippen LogP contribution is 2.43. The summed E-state index contributed by atoms with van der Waals surface area (Å²) in [7, 11) is 1.45. The van der Waals surface area contributed by atoms with Crippen molar-refractivity contribution in [2.45, 2.75) is 341 Å². The van der Waals surface area contributed by atoms with Gasteiger partial charge in [-0.05, 0) is 70.3 Å². The molecule has 0 radical (unpaired) electrons. The number of carbonyl (C=O) groups is 2. The predicted octanol–water partition coefficient (Wildman–Crippen LogP) is 22.9. The molecule has 0 saturated carbocycles. The molecule has 0 aliphatic rings. The van der Waals surface area contributed by atoms with Gasteiger partial charge in [0.1, 0.15) is 19.3 Å². The lowest BCUT2D eigenvalue weighted by molar-refractivity contribution is -0.870. The fraction of sp³-hybridized carbons (Fsp3) is 0.787. The number of phosphoric acid groups is 1. The van der Waals surface area contributed by atoms with E-state index in [2.05, 4.69) is 92.9 Å². The number of hydrogen-bond acceptors (Lipinski definition) is 6. The van der Waals surface area contributed by atoms with Gasteiger partial charge in [0.05, 0.1) is 33.8 Å². The van der Waals surface area contributed by atoms with Crippen molar-refractivity contribution in [3.63, 3.8) is 0 Å². The lowest BCUT2D eigenvalue weighted by Gasteiger charge is -2.27. The summed E-state index contributed by atoms with van der Waals surface area (Å²) < 4.78 is 30.8. The topological polar surface area (TPSA) is 111 Å². The standard InChI is InChI=1S/C75H137N2O7P/c1-7-10-13-16-19-22-25-28-30-32-34-35-36-37-38-39-40-41-43-45-47-50-53-56-59-62-65-68-75(79)84-73(66-63-60-57-54-51-48-27-24-21-18-15-12-9-3)72(71-83-85(80,81)82-70-69-77(4,5)6)76-74(78)67-64-61-58-55-52-49-46-44-42-33-31-29-26-23-20-17-14-11-8-2/h11,14,20,23,29,31,42,44,49,52,58,61,63,66,72-73H,7-10,12-13,15-19,21-22,24-28,30,32-41,43,45-48,50-51,53-57,59-60,62,64-65,67-71H2,1-6H3,(H-,76,78,80,81)/p+1/b14-11-,23-20-,31-29-,44-42-,52-49-,61-58-,66-63-. The number of rotatable bonds is 65. The first kappa shape index (κ1) is 82.2. The number of likely N-dealkylation sites (N-methyl/N-ethyl adjacent to an activating group) is 1. The molecule has 10 heteroatoms. The molecule has 0 rings (SSSR count). The second-order valence-electron chi connectivity index (χ2n) is 25.4. The average Bonchev–Trinajstić information content (AvgIpc) is 3.50. The number of carbonyl (C=O) groups excluding carboxylic acids is 2. The zero-order valence-corrected chi connectivity index (χ0v) is 57.5. The summed E-state index contributed by atoms with van der Waals surface area (Å²) >= 11 is 0. The van der Waals surface area contributed by atoms with Crippen molar-refractivity contribution in [1.82, 2.24) is 5.32 Å². The number of amides is 1. The molecule has 1 amide bonds. The molecule has 0 aliphatic heterocycles. The maximum atomic E-state index is 13.6. The molecule has 0 aromatic carbocycles. The first-order valence-electron chi connectivity index (χ1n) is 35.9. The van der Waals surface area contributed by atoms with E-state index < -0.39 is 20.0 Å². The Labute approximate surface area is 526 Å². The lowest BCUT2D eigenvalue weighted by Crippen LogP contribution is -2.47. The van der Waals surface area contributed by atoms with Gasteiger partial charge in [-0.25, -0.2) is 4.57 Å². The number of ether oxygens (including phenoxy) is 1. The summed E-state index contributed by atoms with van der Waals surface area (Å²) in [6.45, 7) is 6.88. The maximum Gasteiger partial charge on any atom is 0.472 e. The van der Waals surface area contributed by atoms with Crippen molar-refractivity contribution >= 4 is 19.7 Å². The number of esters is 1. The summed E-state index contributed by atoms with van der Waals surface area (Å²) in [5.41, 5.74) is 0. The highest BCUT2D eigenvalue weighted by atomic mass is 31.2. The smallest absolute Gasteiger partial charge is 0.456 e. The molecule has 0 saturated heterocycles. The van der Waals surface area contributed by atoms with E-state index in [-0.39, 0.29) is 37.9 Å². The minimum atomic E-state index is -4.48. The van der Waals surface area contributed by atoms with Crippen LogP contribution in [0.25, 0.3) is 0 Å². The molecule has 0 spiro atoms. The molecule has 0 aromatic rings. The molecule has 0 fully saturated rings. The minimum absolute atomic E-state index is 0.0250. The molecule has 2 N–H and O–H groups in total. The molecule has 0 aromatic heterocycles. The van der Waals surface area contributed by atoms with Crippen LogP contribution in [-0.2, 0) is 27.9 Å². The average molecular weight is 1210 g/mol. The Hall–Kier alpha value is -2.81. The third-order valence-electron chi connectivity index (χ3n) is 15.9. The van der Waals surface area contributed by atoms with Crippen LogP contribution in [0.15, 0.2) is 85.1 Å². The number of hydrogen-bond donors (Lipinski definition) is 2. The third-order valence-corrected chi connectivity index (χ3v) is 16.8. The quantitative estimate of drug-likeness (QED) is 0.0205.